The third kappa shape index (κ3) is 5.24. The number of nitrogens with one attached hydrogen (secondary N) is 2. The molecule has 34 heavy (non-hydrogen) atoms. The van der Waals surface area contributed by atoms with E-state index in [1.807, 2.05) is 31.2 Å². The lowest BCUT2D eigenvalue weighted by Gasteiger charge is -2.32. The Hall–Kier alpha value is -3.35. The molecular weight excluding hydrogens is 432 g/mol. The molecule has 0 saturated heterocycles. The van der Waals surface area contributed by atoms with E-state index in [-0.39, 0.29) is 30.9 Å². The number of carboxylic acids is 1. The van der Waals surface area contributed by atoms with Crippen molar-refractivity contribution >= 4 is 18.0 Å². The second kappa shape index (κ2) is 10.7. The molecule has 3 N–H and O–H groups in total. The summed E-state index contributed by atoms with van der Waals surface area (Å²) in [6.07, 6.45) is 3.07. The monoisotopic (exact) mass is 464 g/mol. The van der Waals surface area contributed by atoms with E-state index in [0.29, 0.717) is 19.3 Å². The van der Waals surface area contributed by atoms with Crippen molar-refractivity contribution in [2.75, 3.05) is 6.61 Å². The minimum absolute atomic E-state index is 0.0232. The third-order valence-electron chi connectivity index (χ3n) is 7.01. The van der Waals surface area contributed by atoms with Crippen LogP contribution in [0.2, 0.25) is 0 Å². The SMILES string of the molecule is CC[C@H](CC(=O)O)NC(=O)C1CCCCC1NC(=O)OCC1c2ccccc2-c2ccccc21. The van der Waals surface area contributed by atoms with Crippen LogP contribution in [-0.2, 0) is 14.3 Å². The quantitative estimate of drug-likeness (QED) is 0.535. The van der Waals surface area contributed by atoms with E-state index in [0.717, 1.165) is 24.0 Å². The second-order valence-corrected chi connectivity index (χ2v) is 9.18. The first-order chi connectivity index (χ1) is 16.5. The van der Waals surface area contributed by atoms with Gasteiger partial charge in [0.1, 0.15) is 6.61 Å². The van der Waals surface area contributed by atoms with Crippen molar-refractivity contribution in [1.82, 2.24) is 10.6 Å². The molecule has 2 unspecified atom stereocenters. The number of carbonyl (C=O) groups excluding carboxylic acids is 2. The van der Waals surface area contributed by atoms with Crippen molar-refractivity contribution < 1.29 is 24.2 Å². The maximum atomic E-state index is 12.9. The highest BCUT2D eigenvalue weighted by Crippen LogP contribution is 2.44. The summed E-state index contributed by atoms with van der Waals surface area (Å²) in [5.74, 6) is -1.55. The number of carboxylic acid groups (broad SMARTS) is 1. The predicted molar refractivity (Wildman–Crippen MR) is 128 cm³/mol. The molecule has 0 aliphatic heterocycles. The molecule has 0 radical (unpaired) electrons. The van der Waals surface area contributed by atoms with E-state index in [1.165, 1.54) is 11.1 Å². The Morgan fingerprint density at radius 2 is 1.62 bits per heavy atom. The number of hydrogen-bond acceptors (Lipinski definition) is 4. The third-order valence-corrected chi connectivity index (χ3v) is 7.01. The molecule has 7 heteroatoms. The van der Waals surface area contributed by atoms with Crippen LogP contribution in [0.3, 0.4) is 0 Å². The molecule has 2 aromatic carbocycles. The Balaban J connectivity index is 1.37. The largest absolute Gasteiger partial charge is 0.481 e. The molecule has 0 bridgehead atoms. The fourth-order valence-electron chi connectivity index (χ4n) is 5.23. The number of aliphatic carboxylic acids is 1. The number of benzene rings is 2. The number of carbonyl (C=O) groups is 3. The Labute approximate surface area is 199 Å². The normalized spacial score (nSPS) is 20.0. The fraction of sp³-hybridized carbons (Fsp3) is 0.444. The molecule has 2 aliphatic rings. The highest BCUT2D eigenvalue weighted by atomic mass is 16.5. The number of amides is 2. The lowest BCUT2D eigenvalue weighted by atomic mass is 9.83. The molecule has 1 fully saturated rings. The average molecular weight is 465 g/mol. The van der Waals surface area contributed by atoms with Crippen LogP contribution in [-0.4, -0.2) is 41.8 Å². The molecule has 2 amide bonds. The molecular formula is C27H32N2O5. The molecule has 1 saturated carbocycles. The van der Waals surface area contributed by atoms with E-state index in [2.05, 4.69) is 34.9 Å². The van der Waals surface area contributed by atoms with Gasteiger partial charge in [0.15, 0.2) is 0 Å². The number of fused-ring (bicyclic) bond motifs is 3. The summed E-state index contributed by atoms with van der Waals surface area (Å²) in [6.45, 7) is 2.07. The molecule has 0 heterocycles. The van der Waals surface area contributed by atoms with Gasteiger partial charge in [-0.2, -0.15) is 0 Å². The van der Waals surface area contributed by atoms with E-state index in [1.54, 1.807) is 0 Å². The maximum absolute atomic E-state index is 12.9. The van der Waals surface area contributed by atoms with E-state index < -0.39 is 24.0 Å². The topological polar surface area (TPSA) is 105 Å². The Kier molecular flexibility index (Phi) is 7.50. The van der Waals surface area contributed by atoms with E-state index >= 15 is 0 Å². The highest BCUT2D eigenvalue weighted by molar-refractivity contribution is 5.82. The summed E-state index contributed by atoms with van der Waals surface area (Å²) in [4.78, 5) is 36.7. The minimum atomic E-state index is -0.941. The van der Waals surface area contributed by atoms with Crippen LogP contribution >= 0.6 is 0 Å². The van der Waals surface area contributed by atoms with Gasteiger partial charge < -0.3 is 20.5 Å². The van der Waals surface area contributed by atoms with Gasteiger partial charge in [0.25, 0.3) is 0 Å². The first-order valence-electron chi connectivity index (χ1n) is 12.1. The van der Waals surface area contributed by atoms with Gasteiger partial charge in [-0.25, -0.2) is 4.79 Å². The van der Waals surface area contributed by atoms with Gasteiger partial charge in [0.2, 0.25) is 5.91 Å². The number of ether oxygens (including phenoxy) is 1. The van der Waals surface area contributed by atoms with Crippen LogP contribution in [0.4, 0.5) is 4.79 Å². The van der Waals surface area contributed by atoms with Crippen molar-refractivity contribution in [3.8, 4) is 11.1 Å². The van der Waals surface area contributed by atoms with Gasteiger partial charge in [0, 0.05) is 18.0 Å². The summed E-state index contributed by atoms with van der Waals surface area (Å²) < 4.78 is 5.67. The van der Waals surface area contributed by atoms with E-state index in [9.17, 15) is 14.4 Å². The summed E-state index contributed by atoms with van der Waals surface area (Å²) in [6, 6.07) is 15.6. The summed E-state index contributed by atoms with van der Waals surface area (Å²) >= 11 is 0. The summed E-state index contributed by atoms with van der Waals surface area (Å²) in [7, 11) is 0. The number of rotatable bonds is 8. The zero-order valence-corrected chi connectivity index (χ0v) is 19.5. The predicted octanol–water partition coefficient (Wildman–Crippen LogP) is 4.45. The molecule has 0 spiro atoms. The van der Waals surface area contributed by atoms with Crippen LogP contribution in [0.5, 0.6) is 0 Å². The second-order valence-electron chi connectivity index (χ2n) is 9.18. The van der Waals surface area contributed by atoms with Gasteiger partial charge in [-0.3, -0.25) is 9.59 Å². The Morgan fingerprint density at radius 1 is 1.00 bits per heavy atom. The van der Waals surface area contributed by atoms with Gasteiger partial charge in [-0.1, -0.05) is 68.3 Å². The molecule has 2 aliphatic carbocycles. The highest BCUT2D eigenvalue weighted by Gasteiger charge is 2.34. The fourth-order valence-corrected chi connectivity index (χ4v) is 5.23. The van der Waals surface area contributed by atoms with Crippen molar-refractivity contribution in [2.24, 2.45) is 5.92 Å². The van der Waals surface area contributed by atoms with Crippen LogP contribution in [0, 0.1) is 5.92 Å². The van der Waals surface area contributed by atoms with Crippen LogP contribution in [0.1, 0.15) is 62.5 Å². The Morgan fingerprint density at radius 3 is 2.24 bits per heavy atom. The molecule has 7 nitrogen and oxygen atoms in total. The standard InChI is InChI=1S/C27H32N2O5/c1-2-17(15-25(30)31)28-26(32)22-13-7-8-14-24(22)29-27(33)34-16-23-20-11-5-3-9-18(20)19-10-4-6-12-21(19)23/h3-6,9-12,17,22-24H,2,7-8,13-16H2,1H3,(H,28,32)(H,29,33)(H,30,31)/t17-,22?,24?/m1/s1. The lowest BCUT2D eigenvalue weighted by molar-refractivity contribution is -0.138. The molecule has 2 aromatic rings. The van der Waals surface area contributed by atoms with Gasteiger partial charge in [-0.05, 0) is 41.5 Å². The first-order valence-corrected chi connectivity index (χ1v) is 12.1. The van der Waals surface area contributed by atoms with Gasteiger partial charge in [0.05, 0.1) is 12.3 Å². The van der Waals surface area contributed by atoms with E-state index in [4.69, 9.17) is 9.84 Å². The molecule has 180 valence electrons. The van der Waals surface area contributed by atoms with Gasteiger partial charge in [-0.15, -0.1) is 0 Å². The molecule has 3 atom stereocenters. The molecule has 0 aromatic heterocycles. The first kappa shape index (κ1) is 23.8. The van der Waals surface area contributed by atoms with Crippen LogP contribution < -0.4 is 10.6 Å². The average Bonchev–Trinajstić information content (AvgIpc) is 3.16. The number of alkyl carbamates (subject to hydrolysis) is 1. The van der Waals surface area contributed by atoms with Crippen molar-refractivity contribution in [3.63, 3.8) is 0 Å². The Bertz CT molecular complexity index is 1010. The molecule has 4 rings (SSSR count). The van der Waals surface area contributed by atoms with Crippen molar-refractivity contribution in [1.29, 1.82) is 0 Å². The van der Waals surface area contributed by atoms with Crippen LogP contribution in [0.15, 0.2) is 48.5 Å². The lowest BCUT2D eigenvalue weighted by Crippen LogP contribution is -2.50. The van der Waals surface area contributed by atoms with Crippen molar-refractivity contribution in [3.05, 3.63) is 59.7 Å². The van der Waals surface area contributed by atoms with Gasteiger partial charge >= 0.3 is 12.1 Å². The zero-order chi connectivity index (χ0) is 24.1. The number of hydrogen-bond donors (Lipinski definition) is 3. The zero-order valence-electron chi connectivity index (χ0n) is 19.5. The maximum Gasteiger partial charge on any atom is 0.407 e. The van der Waals surface area contributed by atoms with Crippen LogP contribution in [0.25, 0.3) is 11.1 Å². The van der Waals surface area contributed by atoms with Crippen molar-refractivity contribution in [2.45, 2.75) is 63.5 Å². The summed E-state index contributed by atoms with van der Waals surface area (Å²) in [5.41, 5.74) is 4.64. The smallest absolute Gasteiger partial charge is 0.407 e. The minimum Gasteiger partial charge on any atom is -0.481 e. The summed E-state index contributed by atoms with van der Waals surface area (Å²) in [5, 5.41) is 14.8.